The number of benzene rings is 2. The van der Waals surface area contributed by atoms with E-state index in [1.165, 1.54) is 19.1 Å². The molecule has 1 amide bonds. The molecule has 1 fully saturated rings. The fraction of sp³-hybridized carbons (Fsp3) is 0.429. The maximum Gasteiger partial charge on any atom is 0.266 e. The third kappa shape index (κ3) is 6.48. The molecule has 0 spiro atoms. The van der Waals surface area contributed by atoms with Crippen molar-refractivity contribution >= 4 is 38.6 Å². The quantitative estimate of drug-likeness (QED) is 0.220. The third-order valence-corrected chi connectivity index (χ3v) is 8.49. The van der Waals surface area contributed by atoms with Gasteiger partial charge in [0.05, 0.1) is 10.9 Å². The van der Waals surface area contributed by atoms with Gasteiger partial charge in [-0.2, -0.15) is 0 Å². The van der Waals surface area contributed by atoms with E-state index < -0.39 is 33.8 Å². The Morgan fingerprint density at radius 3 is 2.39 bits per heavy atom. The van der Waals surface area contributed by atoms with E-state index in [4.69, 9.17) is 4.42 Å². The van der Waals surface area contributed by atoms with Crippen molar-refractivity contribution in [2.75, 3.05) is 0 Å². The van der Waals surface area contributed by atoms with Crippen molar-refractivity contribution in [3.8, 4) is 0 Å². The molecule has 202 valence electrons. The van der Waals surface area contributed by atoms with E-state index in [1.807, 2.05) is 0 Å². The summed E-state index contributed by atoms with van der Waals surface area (Å²) in [6.45, 7) is 5.44. The van der Waals surface area contributed by atoms with Crippen LogP contribution in [0.3, 0.4) is 0 Å². The van der Waals surface area contributed by atoms with E-state index in [2.05, 4.69) is 26.9 Å². The standard InChI is InChI=1S/C28H34N4O5S/c1-4-21(25(33)27-31-22-14-8-9-15-24(22)37-27)30-26(34)23(18-28(3)16-10-11-17-28)29-19(2)32-38(35,36)20-12-6-5-7-13-20/h5-9,12-15,21,23H,4,10-11,16-18H2,1-3H3,(H,29,32)(H,30,34)/t21-,23-/m0/s1. The summed E-state index contributed by atoms with van der Waals surface area (Å²) in [7, 11) is -3.85. The van der Waals surface area contributed by atoms with Crippen molar-refractivity contribution < 1.29 is 22.4 Å². The van der Waals surface area contributed by atoms with Crippen LogP contribution >= 0.6 is 0 Å². The molecular formula is C28H34N4O5S. The number of rotatable bonds is 10. The number of carbonyl (C=O) groups excluding carboxylic acids is 2. The molecule has 3 aromatic rings. The Morgan fingerprint density at radius 2 is 1.74 bits per heavy atom. The Balaban J connectivity index is 1.55. The molecule has 1 saturated carbocycles. The first-order valence-electron chi connectivity index (χ1n) is 12.9. The topological polar surface area (TPSA) is 131 Å². The van der Waals surface area contributed by atoms with Gasteiger partial charge in [-0.15, -0.1) is 0 Å². The zero-order valence-corrected chi connectivity index (χ0v) is 22.8. The Morgan fingerprint density at radius 1 is 1.08 bits per heavy atom. The second-order valence-electron chi connectivity index (χ2n) is 10.2. The summed E-state index contributed by atoms with van der Waals surface area (Å²) >= 11 is 0. The summed E-state index contributed by atoms with van der Waals surface area (Å²) in [6.07, 6.45) is 4.83. The first-order chi connectivity index (χ1) is 18.1. The van der Waals surface area contributed by atoms with Gasteiger partial charge < -0.3 is 9.73 Å². The number of nitrogens with one attached hydrogen (secondary N) is 2. The predicted octanol–water partition coefficient (Wildman–Crippen LogP) is 4.64. The van der Waals surface area contributed by atoms with E-state index in [9.17, 15) is 18.0 Å². The summed E-state index contributed by atoms with van der Waals surface area (Å²) in [5.41, 5.74) is 0.959. The van der Waals surface area contributed by atoms with Gasteiger partial charge in [-0.1, -0.05) is 57.0 Å². The number of oxazole rings is 1. The van der Waals surface area contributed by atoms with Crippen LogP contribution in [0.2, 0.25) is 0 Å². The molecule has 1 aliphatic carbocycles. The fourth-order valence-electron chi connectivity index (χ4n) is 4.96. The van der Waals surface area contributed by atoms with E-state index in [0.29, 0.717) is 23.9 Å². The summed E-state index contributed by atoms with van der Waals surface area (Å²) in [4.78, 5) is 35.6. The van der Waals surface area contributed by atoms with Gasteiger partial charge in [-0.3, -0.25) is 19.3 Å². The monoisotopic (exact) mass is 538 g/mol. The lowest BCUT2D eigenvalue weighted by atomic mass is 9.82. The average Bonchev–Trinajstić information content (AvgIpc) is 3.53. The minimum atomic E-state index is -3.85. The van der Waals surface area contributed by atoms with Crippen molar-refractivity contribution in [2.45, 2.75) is 76.3 Å². The maximum atomic E-state index is 13.5. The number of ketones is 1. The highest BCUT2D eigenvalue weighted by atomic mass is 32.2. The Bertz CT molecular complexity index is 1390. The lowest BCUT2D eigenvalue weighted by molar-refractivity contribution is -0.123. The molecule has 0 aliphatic heterocycles. The molecule has 10 heteroatoms. The summed E-state index contributed by atoms with van der Waals surface area (Å²) < 4.78 is 33.7. The highest BCUT2D eigenvalue weighted by Gasteiger charge is 2.36. The molecule has 0 radical (unpaired) electrons. The second-order valence-corrected chi connectivity index (χ2v) is 11.9. The van der Waals surface area contributed by atoms with Crippen LogP contribution < -0.4 is 10.0 Å². The molecule has 1 aliphatic rings. The number of hydrogen-bond donors (Lipinski definition) is 2. The van der Waals surface area contributed by atoms with E-state index in [1.54, 1.807) is 49.4 Å². The number of amides is 1. The van der Waals surface area contributed by atoms with Crippen LogP contribution in [0, 0.1) is 5.41 Å². The van der Waals surface area contributed by atoms with Gasteiger partial charge in [-0.05, 0) is 62.3 Å². The number of Topliss-reactive ketones (excluding diaryl/α,β-unsaturated/α-hetero) is 1. The molecule has 2 aromatic carbocycles. The number of sulfonamides is 1. The number of nitrogens with zero attached hydrogens (tertiary/aromatic N) is 2. The minimum absolute atomic E-state index is 0.0621. The van der Waals surface area contributed by atoms with Crippen LogP contribution in [0.1, 0.15) is 70.0 Å². The second kappa shape index (κ2) is 11.5. The normalized spacial score (nSPS) is 17.2. The zero-order chi connectivity index (χ0) is 27.3. The van der Waals surface area contributed by atoms with Crippen molar-refractivity contribution in [3.63, 3.8) is 0 Å². The van der Waals surface area contributed by atoms with E-state index >= 15 is 0 Å². The Hall–Kier alpha value is -3.53. The van der Waals surface area contributed by atoms with Gasteiger partial charge in [0.2, 0.25) is 11.7 Å². The highest BCUT2D eigenvalue weighted by Crippen LogP contribution is 2.42. The van der Waals surface area contributed by atoms with Gasteiger partial charge in [0.25, 0.3) is 15.9 Å². The molecule has 0 unspecified atom stereocenters. The van der Waals surface area contributed by atoms with Crippen LogP contribution in [-0.2, 0) is 14.8 Å². The van der Waals surface area contributed by atoms with Crippen molar-refractivity contribution in [1.82, 2.24) is 15.0 Å². The van der Waals surface area contributed by atoms with E-state index in [0.717, 1.165) is 25.7 Å². The first-order valence-corrected chi connectivity index (χ1v) is 14.4. The molecule has 4 rings (SSSR count). The molecule has 0 bridgehead atoms. The average molecular weight is 539 g/mol. The number of hydrogen-bond acceptors (Lipinski definition) is 7. The number of para-hydroxylation sites is 2. The lowest BCUT2D eigenvalue weighted by Crippen LogP contribution is -2.46. The van der Waals surface area contributed by atoms with E-state index in [-0.39, 0.29) is 22.0 Å². The SMILES string of the molecule is CC[C@H](NC(=O)[C@H](CC1(C)CCCC1)N=C(C)NS(=O)(=O)c1ccccc1)C(=O)c1nc2ccccc2o1. The number of aromatic nitrogens is 1. The zero-order valence-electron chi connectivity index (χ0n) is 21.9. The minimum Gasteiger partial charge on any atom is -0.434 e. The molecule has 1 heterocycles. The molecule has 2 N–H and O–H groups in total. The fourth-order valence-corrected chi connectivity index (χ4v) is 6.03. The van der Waals surface area contributed by atoms with Crippen molar-refractivity contribution in [3.05, 3.63) is 60.5 Å². The third-order valence-electron chi connectivity index (χ3n) is 7.03. The van der Waals surface area contributed by atoms with Crippen LogP contribution in [0.4, 0.5) is 0 Å². The van der Waals surface area contributed by atoms with Gasteiger partial charge in [0, 0.05) is 0 Å². The molecule has 38 heavy (non-hydrogen) atoms. The van der Waals surface area contributed by atoms with Crippen LogP contribution in [-0.4, -0.2) is 43.0 Å². The first kappa shape index (κ1) is 27.5. The molecule has 1 aromatic heterocycles. The number of carbonyl (C=O) groups is 2. The summed E-state index contributed by atoms with van der Waals surface area (Å²) in [6, 6.07) is 13.3. The van der Waals surface area contributed by atoms with Crippen LogP contribution in [0.5, 0.6) is 0 Å². The molecule has 0 saturated heterocycles. The Kier molecular flexibility index (Phi) is 8.30. The predicted molar refractivity (Wildman–Crippen MR) is 145 cm³/mol. The van der Waals surface area contributed by atoms with Crippen LogP contribution in [0.15, 0.2) is 68.9 Å². The Labute approximate surface area is 223 Å². The van der Waals surface area contributed by atoms with Gasteiger partial charge >= 0.3 is 0 Å². The molecular weight excluding hydrogens is 504 g/mol. The summed E-state index contributed by atoms with van der Waals surface area (Å²) in [5, 5.41) is 2.83. The lowest BCUT2D eigenvalue weighted by Gasteiger charge is -2.28. The maximum absolute atomic E-state index is 13.5. The smallest absolute Gasteiger partial charge is 0.266 e. The molecule has 9 nitrogen and oxygen atoms in total. The summed E-state index contributed by atoms with van der Waals surface area (Å²) in [5.74, 6) is -0.817. The molecule has 2 atom stereocenters. The number of amidine groups is 1. The number of fused-ring (bicyclic) bond motifs is 1. The number of aliphatic imine (C=N–C) groups is 1. The van der Waals surface area contributed by atoms with Gasteiger partial charge in [0.15, 0.2) is 5.58 Å². The van der Waals surface area contributed by atoms with Crippen molar-refractivity contribution in [1.29, 1.82) is 0 Å². The van der Waals surface area contributed by atoms with Crippen molar-refractivity contribution in [2.24, 2.45) is 10.4 Å². The van der Waals surface area contributed by atoms with Gasteiger partial charge in [-0.25, -0.2) is 13.4 Å². The van der Waals surface area contributed by atoms with Gasteiger partial charge in [0.1, 0.15) is 17.4 Å². The largest absolute Gasteiger partial charge is 0.434 e. The highest BCUT2D eigenvalue weighted by molar-refractivity contribution is 7.90. The van der Waals surface area contributed by atoms with Crippen LogP contribution in [0.25, 0.3) is 11.1 Å².